The van der Waals surface area contributed by atoms with E-state index in [1.54, 1.807) is 14.2 Å². The number of aromatic nitrogens is 2. The molecule has 142 valence electrons. The Bertz CT molecular complexity index is 642. The molecule has 2 rings (SSSR count). The molecule has 0 aliphatic rings. The van der Waals surface area contributed by atoms with Crippen molar-refractivity contribution in [3.63, 3.8) is 0 Å². The molecule has 0 amide bonds. The van der Waals surface area contributed by atoms with Crippen LogP contribution in [-0.2, 0) is 22.6 Å². The van der Waals surface area contributed by atoms with Crippen LogP contribution in [0.2, 0.25) is 0 Å². The highest BCUT2D eigenvalue weighted by atomic mass is 16.5. The Morgan fingerprint density at radius 2 is 1.96 bits per heavy atom. The summed E-state index contributed by atoms with van der Waals surface area (Å²) in [6.07, 6.45) is 4.85. The van der Waals surface area contributed by atoms with Crippen molar-refractivity contribution in [2.24, 2.45) is 4.99 Å². The third-order valence-corrected chi connectivity index (χ3v) is 3.75. The van der Waals surface area contributed by atoms with Gasteiger partial charge in [0.25, 0.3) is 0 Å². The summed E-state index contributed by atoms with van der Waals surface area (Å²) in [5.74, 6) is 0.776. The zero-order valence-electron chi connectivity index (χ0n) is 15.6. The zero-order valence-corrected chi connectivity index (χ0v) is 15.6. The van der Waals surface area contributed by atoms with Crippen LogP contribution in [-0.4, -0.2) is 56.3 Å². The minimum Gasteiger partial charge on any atom is -0.382 e. The average molecular weight is 359 g/mol. The van der Waals surface area contributed by atoms with Crippen LogP contribution in [0.1, 0.15) is 17.5 Å². The van der Waals surface area contributed by atoms with E-state index < -0.39 is 0 Å². The predicted octanol–water partition coefficient (Wildman–Crippen LogP) is 1.65. The lowest BCUT2D eigenvalue weighted by atomic mass is 10.2. The first-order chi connectivity index (χ1) is 12.8. The van der Waals surface area contributed by atoms with Gasteiger partial charge in [0.2, 0.25) is 0 Å². The van der Waals surface area contributed by atoms with E-state index in [4.69, 9.17) is 9.47 Å². The molecular formula is C19H29N5O2. The standard InChI is InChI=1S/C19H29N5O2/c1-20-19(21-9-6-10-26-12-11-25-2)22-13-18-14-23-24(16-18)15-17-7-4-3-5-8-17/h3-5,7-8,14,16H,6,9-13,15H2,1-2H3,(H2,20,21,22). The summed E-state index contributed by atoms with van der Waals surface area (Å²) in [5, 5.41) is 11.0. The molecule has 0 spiro atoms. The van der Waals surface area contributed by atoms with Gasteiger partial charge in [-0.05, 0) is 12.0 Å². The molecule has 0 bridgehead atoms. The minimum absolute atomic E-state index is 0.634. The first kappa shape index (κ1) is 19.9. The Labute approximate surface area is 155 Å². The number of nitrogens with one attached hydrogen (secondary N) is 2. The lowest BCUT2D eigenvalue weighted by molar-refractivity contribution is 0.0698. The van der Waals surface area contributed by atoms with E-state index in [0.29, 0.717) is 26.4 Å². The summed E-state index contributed by atoms with van der Waals surface area (Å²) in [5.41, 5.74) is 2.35. The molecule has 7 nitrogen and oxygen atoms in total. The smallest absolute Gasteiger partial charge is 0.191 e. The summed E-state index contributed by atoms with van der Waals surface area (Å²) in [6, 6.07) is 10.3. The highest BCUT2D eigenvalue weighted by Crippen LogP contribution is 2.03. The van der Waals surface area contributed by atoms with Gasteiger partial charge in [0.15, 0.2) is 5.96 Å². The Morgan fingerprint density at radius 3 is 2.73 bits per heavy atom. The van der Waals surface area contributed by atoms with Crippen molar-refractivity contribution in [3.8, 4) is 0 Å². The molecule has 0 atom stereocenters. The Hall–Kier alpha value is -2.38. The van der Waals surface area contributed by atoms with Crippen LogP contribution in [0.15, 0.2) is 47.7 Å². The average Bonchev–Trinajstić information content (AvgIpc) is 3.11. The number of benzene rings is 1. The van der Waals surface area contributed by atoms with Crippen molar-refractivity contribution in [1.29, 1.82) is 0 Å². The Morgan fingerprint density at radius 1 is 1.12 bits per heavy atom. The van der Waals surface area contributed by atoms with E-state index >= 15 is 0 Å². The number of methoxy groups -OCH3 is 1. The number of rotatable bonds is 11. The van der Waals surface area contributed by atoms with Crippen molar-refractivity contribution in [2.45, 2.75) is 19.5 Å². The summed E-state index contributed by atoms with van der Waals surface area (Å²) in [7, 11) is 3.44. The van der Waals surface area contributed by atoms with Gasteiger partial charge in [0.1, 0.15) is 0 Å². The lowest BCUT2D eigenvalue weighted by Crippen LogP contribution is -2.37. The fourth-order valence-corrected chi connectivity index (χ4v) is 2.39. The maximum atomic E-state index is 5.43. The van der Waals surface area contributed by atoms with E-state index in [1.807, 2.05) is 29.1 Å². The molecular weight excluding hydrogens is 330 g/mol. The van der Waals surface area contributed by atoms with E-state index in [9.17, 15) is 0 Å². The van der Waals surface area contributed by atoms with Crippen LogP contribution >= 0.6 is 0 Å². The fourth-order valence-electron chi connectivity index (χ4n) is 2.39. The topological polar surface area (TPSA) is 72.7 Å². The first-order valence-electron chi connectivity index (χ1n) is 8.88. The molecule has 0 saturated carbocycles. The zero-order chi connectivity index (χ0) is 18.5. The second-order valence-corrected chi connectivity index (χ2v) is 5.84. The number of guanidine groups is 1. The molecule has 0 aliphatic carbocycles. The molecule has 0 unspecified atom stereocenters. The molecule has 1 aromatic carbocycles. The van der Waals surface area contributed by atoms with Gasteiger partial charge in [0.05, 0.1) is 26.0 Å². The SMILES string of the molecule is CN=C(NCCCOCCOC)NCc1cnn(Cc2ccccc2)c1. The van der Waals surface area contributed by atoms with E-state index in [-0.39, 0.29) is 0 Å². The predicted molar refractivity (Wildman–Crippen MR) is 103 cm³/mol. The molecule has 7 heteroatoms. The van der Waals surface area contributed by atoms with Gasteiger partial charge >= 0.3 is 0 Å². The van der Waals surface area contributed by atoms with Gasteiger partial charge in [-0.15, -0.1) is 0 Å². The van der Waals surface area contributed by atoms with Crippen LogP contribution in [0.4, 0.5) is 0 Å². The maximum Gasteiger partial charge on any atom is 0.191 e. The number of hydrogen-bond acceptors (Lipinski definition) is 4. The minimum atomic E-state index is 0.634. The largest absolute Gasteiger partial charge is 0.382 e. The highest BCUT2D eigenvalue weighted by Gasteiger charge is 2.02. The van der Waals surface area contributed by atoms with Crippen molar-refractivity contribution >= 4 is 5.96 Å². The van der Waals surface area contributed by atoms with Crippen LogP contribution in [0, 0.1) is 0 Å². The molecule has 26 heavy (non-hydrogen) atoms. The molecule has 0 radical (unpaired) electrons. The van der Waals surface area contributed by atoms with Crippen molar-refractivity contribution in [2.75, 3.05) is 40.5 Å². The molecule has 1 aromatic heterocycles. The van der Waals surface area contributed by atoms with Crippen molar-refractivity contribution < 1.29 is 9.47 Å². The number of aliphatic imine (C=N–C) groups is 1. The summed E-state index contributed by atoms with van der Waals surface area (Å²) in [4.78, 5) is 4.23. The van der Waals surface area contributed by atoms with Gasteiger partial charge in [0, 0.05) is 45.6 Å². The van der Waals surface area contributed by atoms with Gasteiger partial charge in [-0.1, -0.05) is 30.3 Å². The van der Waals surface area contributed by atoms with Crippen LogP contribution in [0.25, 0.3) is 0 Å². The second kappa shape index (κ2) is 12.1. The second-order valence-electron chi connectivity index (χ2n) is 5.84. The van der Waals surface area contributed by atoms with Gasteiger partial charge in [-0.2, -0.15) is 5.10 Å². The fraction of sp³-hybridized carbons (Fsp3) is 0.474. The van der Waals surface area contributed by atoms with E-state index in [0.717, 1.165) is 31.0 Å². The van der Waals surface area contributed by atoms with E-state index in [2.05, 4.69) is 39.1 Å². The maximum absolute atomic E-state index is 5.43. The third kappa shape index (κ3) is 7.67. The van der Waals surface area contributed by atoms with Crippen LogP contribution in [0.3, 0.4) is 0 Å². The van der Waals surface area contributed by atoms with Gasteiger partial charge < -0.3 is 20.1 Å². The molecule has 0 aliphatic heterocycles. The van der Waals surface area contributed by atoms with E-state index in [1.165, 1.54) is 5.56 Å². The number of nitrogens with zero attached hydrogens (tertiary/aromatic N) is 3. The van der Waals surface area contributed by atoms with Gasteiger partial charge in [-0.25, -0.2) is 0 Å². The Kier molecular flexibility index (Phi) is 9.24. The molecule has 2 aromatic rings. The van der Waals surface area contributed by atoms with Crippen molar-refractivity contribution in [1.82, 2.24) is 20.4 Å². The third-order valence-electron chi connectivity index (χ3n) is 3.75. The van der Waals surface area contributed by atoms with Crippen LogP contribution in [0.5, 0.6) is 0 Å². The molecule has 0 saturated heterocycles. The monoisotopic (exact) mass is 359 g/mol. The van der Waals surface area contributed by atoms with Crippen LogP contribution < -0.4 is 10.6 Å². The summed E-state index contributed by atoms with van der Waals surface area (Å²) in [6.45, 7) is 4.24. The molecule has 0 fully saturated rings. The highest BCUT2D eigenvalue weighted by molar-refractivity contribution is 5.79. The normalized spacial score (nSPS) is 11.5. The van der Waals surface area contributed by atoms with Gasteiger partial charge in [-0.3, -0.25) is 9.67 Å². The van der Waals surface area contributed by atoms with Crippen molar-refractivity contribution in [3.05, 3.63) is 53.9 Å². The number of ether oxygens (including phenoxy) is 2. The Balaban J connectivity index is 1.65. The lowest BCUT2D eigenvalue weighted by Gasteiger charge is -2.11. The number of hydrogen-bond donors (Lipinski definition) is 2. The summed E-state index contributed by atoms with van der Waals surface area (Å²) < 4.78 is 12.3. The molecule has 2 N–H and O–H groups in total. The quantitative estimate of drug-likeness (QED) is 0.363. The molecule has 1 heterocycles. The summed E-state index contributed by atoms with van der Waals surface area (Å²) >= 11 is 0. The first-order valence-corrected chi connectivity index (χ1v) is 8.88.